The van der Waals surface area contributed by atoms with Crippen LogP contribution in [0.15, 0.2) is 83.7 Å². The largest absolute Gasteiger partial charge is 0.493 e. The zero-order valence-corrected chi connectivity index (χ0v) is 24.1. The standard InChI is InChI=1S/C34H37NO7/c1-24-32(37)33(41-23-26-13-7-4-8-14-26)31(35(18-19-36)34(24)42-30-15-9-10-20-39-30)27-16-17-28(29(21-27)38-2)40-22-25-11-5-3-6-12-25/h3-8,11-14,16-17,21,30,36H,9-10,15,18-20,22-23H2,1-2H3. The Bertz CT molecular complexity index is 1510. The highest BCUT2D eigenvalue weighted by atomic mass is 16.7. The molecule has 0 saturated carbocycles. The van der Waals surface area contributed by atoms with Crippen LogP contribution in [-0.4, -0.2) is 36.3 Å². The molecule has 1 aliphatic rings. The molecule has 4 aromatic rings. The molecule has 1 fully saturated rings. The van der Waals surface area contributed by atoms with Crippen molar-refractivity contribution in [3.05, 3.63) is 106 Å². The fourth-order valence-electron chi connectivity index (χ4n) is 5.02. The second kappa shape index (κ2) is 14.1. The SMILES string of the molecule is COc1cc(-c2c(OCc3ccccc3)c(=O)c(C)c(OC3CCCCO3)n2CCO)ccc1OCc1ccccc1. The van der Waals surface area contributed by atoms with E-state index in [0.717, 1.165) is 30.4 Å². The lowest BCUT2D eigenvalue weighted by Crippen LogP contribution is -2.29. The van der Waals surface area contributed by atoms with Crippen LogP contribution < -0.4 is 24.4 Å². The number of pyridine rings is 1. The first-order chi connectivity index (χ1) is 20.6. The summed E-state index contributed by atoms with van der Waals surface area (Å²) in [5.74, 6) is 1.58. The van der Waals surface area contributed by atoms with Crippen LogP contribution in [0.5, 0.6) is 23.1 Å². The second-order valence-corrected chi connectivity index (χ2v) is 10.1. The molecular weight excluding hydrogens is 534 g/mol. The van der Waals surface area contributed by atoms with Gasteiger partial charge < -0.3 is 33.4 Å². The number of methoxy groups -OCH3 is 1. The number of benzene rings is 3. The molecule has 0 radical (unpaired) electrons. The Morgan fingerprint density at radius 3 is 2.21 bits per heavy atom. The molecule has 1 saturated heterocycles. The van der Waals surface area contributed by atoms with Gasteiger partial charge in [-0.3, -0.25) is 4.79 Å². The smallest absolute Gasteiger partial charge is 0.230 e. The van der Waals surface area contributed by atoms with Crippen molar-refractivity contribution in [2.75, 3.05) is 20.3 Å². The van der Waals surface area contributed by atoms with Crippen molar-refractivity contribution in [1.29, 1.82) is 0 Å². The molecule has 0 bridgehead atoms. The maximum absolute atomic E-state index is 13.9. The van der Waals surface area contributed by atoms with E-state index in [1.54, 1.807) is 18.6 Å². The predicted molar refractivity (Wildman–Crippen MR) is 160 cm³/mol. The van der Waals surface area contributed by atoms with Crippen LogP contribution >= 0.6 is 0 Å². The summed E-state index contributed by atoms with van der Waals surface area (Å²) < 4.78 is 32.0. The van der Waals surface area contributed by atoms with Crippen molar-refractivity contribution in [2.24, 2.45) is 0 Å². The van der Waals surface area contributed by atoms with E-state index in [9.17, 15) is 9.90 Å². The molecule has 1 aliphatic heterocycles. The first-order valence-electron chi connectivity index (χ1n) is 14.3. The summed E-state index contributed by atoms with van der Waals surface area (Å²) in [6.07, 6.45) is 2.18. The van der Waals surface area contributed by atoms with Gasteiger partial charge in [-0.2, -0.15) is 0 Å². The van der Waals surface area contributed by atoms with E-state index < -0.39 is 6.29 Å². The minimum absolute atomic E-state index is 0.168. The molecule has 0 amide bonds. The number of ether oxygens (including phenoxy) is 5. The molecule has 8 nitrogen and oxygen atoms in total. The molecule has 1 N–H and O–H groups in total. The van der Waals surface area contributed by atoms with E-state index in [1.807, 2.05) is 78.9 Å². The van der Waals surface area contributed by atoms with Gasteiger partial charge in [0.2, 0.25) is 17.6 Å². The van der Waals surface area contributed by atoms with Crippen LogP contribution in [0.4, 0.5) is 0 Å². The summed E-state index contributed by atoms with van der Waals surface area (Å²) in [6.45, 7) is 2.89. The zero-order valence-electron chi connectivity index (χ0n) is 24.1. The minimum atomic E-state index is -0.478. The highest BCUT2D eigenvalue weighted by Crippen LogP contribution is 2.39. The fraction of sp³-hybridized carbons (Fsp3) is 0.324. The third-order valence-corrected chi connectivity index (χ3v) is 7.20. The number of aromatic nitrogens is 1. The third kappa shape index (κ3) is 6.78. The second-order valence-electron chi connectivity index (χ2n) is 10.1. The Hall–Kier alpha value is -4.27. The monoisotopic (exact) mass is 571 g/mol. The molecule has 0 spiro atoms. The Balaban J connectivity index is 1.59. The maximum atomic E-state index is 13.9. The molecule has 0 aliphatic carbocycles. The van der Waals surface area contributed by atoms with E-state index in [1.165, 1.54) is 0 Å². The molecule has 8 heteroatoms. The van der Waals surface area contributed by atoms with Crippen LogP contribution in [0.2, 0.25) is 0 Å². The number of hydrogen-bond donors (Lipinski definition) is 1. The van der Waals surface area contributed by atoms with Crippen LogP contribution in [0, 0.1) is 6.92 Å². The summed E-state index contributed by atoms with van der Waals surface area (Å²) in [7, 11) is 1.58. The topological polar surface area (TPSA) is 88.4 Å². The molecular formula is C34H37NO7. The zero-order chi connectivity index (χ0) is 29.3. The Morgan fingerprint density at radius 2 is 1.60 bits per heavy atom. The molecule has 1 atom stereocenters. The van der Waals surface area contributed by atoms with E-state index in [-0.39, 0.29) is 30.9 Å². The highest BCUT2D eigenvalue weighted by Gasteiger charge is 2.27. The lowest BCUT2D eigenvalue weighted by atomic mass is 10.1. The normalized spacial score (nSPS) is 14.8. The van der Waals surface area contributed by atoms with Crippen molar-refractivity contribution in [3.63, 3.8) is 0 Å². The lowest BCUT2D eigenvalue weighted by Gasteiger charge is -2.28. The maximum Gasteiger partial charge on any atom is 0.230 e. The number of hydrogen-bond acceptors (Lipinski definition) is 7. The Morgan fingerprint density at radius 1 is 0.905 bits per heavy atom. The van der Waals surface area contributed by atoms with Gasteiger partial charge in [0, 0.05) is 18.5 Å². The Kier molecular flexibility index (Phi) is 9.79. The molecule has 1 aromatic heterocycles. The van der Waals surface area contributed by atoms with E-state index in [2.05, 4.69) is 0 Å². The molecule has 2 heterocycles. The summed E-state index contributed by atoms with van der Waals surface area (Å²) in [5, 5.41) is 10.1. The van der Waals surface area contributed by atoms with Crippen molar-refractivity contribution in [2.45, 2.75) is 52.2 Å². The van der Waals surface area contributed by atoms with Crippen molar-refractivity contribution < 1.29 is 28.8 Å². The van der Waals surface area contributed by atoms with Crippen LogP contribution in [0.25, 0.3) is 11.3 Å². The number of aliphatic hydroxyl groups is 1. The van der Waals surface area contributed by atoms with Crippen molar-refractivity contribution in [3.8, 4) is 34.4 Å². The van der Waals surface area contributed by atoms with Crippen LogP contribution in [-0.2, 0) is 24.5 Å². The van der Waals surface area contributed by atoms with Gasteiger partial charge in [-0.05, 0) is 49.1 Å². The van der Waals surface area contributed by atoms with Gasteiger partial charge in [0.25, 0.3) is 0 Å². The van der Waals surface area contributed by atoms with Gasteiger partial charge in [0.15, 0.2) is 17.2 Å². The van der Waals surface area contributed by atoms with Gasteiger partial charge in [-0.25, -0.2) is 0 Å². The minimum Gasteiger partial charge on any atom is -0.493 e. The predicted octanol–water partition coefficient (Wildman–Crippen LogP) is 5.89. The fourth-order valence-corrected chi connectivity index (χ4v) is 5.02. The summed E-state index contributed by atoms with van der Waals surface area (Å²) in [4.78, 5) is 13.9. The molecule has 5 rings (SSSR count). The van der Waals surface area contributed by atoms with Gasteiger partial charge in [0.1, 0.15) is 13.2 Å². The third-order valence-electron chi connectivity index (χ3n) is 7.20. The summed E-state index contributed by atoms with van der Waals surface area (Å²) in [5.41, 5.74) is 3.19. The molecule has 3 aromatic carbocycles. The van der Waals surface area contributed by atoms with Gasteiger partial charge in [-0.1, -0.05) is 60.7 Å². The Labute approximate surface area is 246 Å². The molecule has 1 unspecified atom stereocenters. The van der Waals surface area contributed by atoms with E-state index >= 15 is 0 Å². The quantitative estimate of drug-likeness (QED) is 0.227. The summed E-state index contributed by atoms with van der Waals surface area (Å²) >= 11 is 0. The molecule has 42 heavy (non-hydrogen) atoms. The van der Waals surface area contributed by atoms with Crippen molar-refractivity contribution >= 4 is 0 Å². The van der Waals surface area contributed by atoms with Crippen LogP contribution in [0.1, 0.15) is 36.0 Å². The average Bonchev–Trinajstić information content (AvgIpc) is 3.04. The highest BCUT2D eigenvalue weighted by molar-refractivity contribution is 5.71. The van der Waals surface area contributed by atoms with Crippen LogP contribution in [0.3, 0.4) is 0 Å². The number of aliphatic hydroxyl groups excluding tert-OH is 1. The van der Waals surface area contributed by atoms with Crippen molar-refractivity contribution in [1.82, 2.24) is 4.57 Å². The number of rotatable bonds is 12. The molecule has 220 valence electrons. The van der Waals surface area contributed by atoms with E-state index in [4.69, 9.17) is 23.7 Å². The lowest BCUT2D eigenvalue weighted by molar-refractivity contribution is -0.109. The first kappa shape index (κ1) is 29.2. The average molecular weight is 572 g/mol. The summed E-state index contributed by atoms with van der Waals surface area (Å²) in [6, 6.07) is 25.0. The van der Waals surface area contributed by atoms with Gasteiger partial charge in [-0.15, -0.1) is 0 Å². The van der Waals surface area contributed by atoms with Gasteiger partial charge >= 0.3 is 0 Å². The van der Waals surface area contributed by atoms with E-state index in [0.29, 0.717) is 47.4 Å². The van der Waals surface area contributed by atoms with Gasteiger partial charge in [0.05, 0.1) is 31.6 Å². The first-order valence-corrected chi connectivity index (χ1v) is 14.3. The number of nitrogens with zero attached hydrogens (tertiary/aromatic N) is 1.